The molecule has 7 heteroatoms. The third-order valence-corrected chi connectivity index (χ3v) is 6.15. The van der Waals surface area contributed by atoms with E-state index in [0.717, 1.165) is 11.1 Å². The number of esters is 2. The zero-order valence-electron chi connectivity index (χ0n) is 18.4. The smallest absolute Gasteiger partial charge is 0.355 e. The molecule has 2 aliphatic rings. The normalized spacial score (nSPS) is 21.3. The molecule has 0 aliphatic carbocycles. The standard InChI is InChI=1S/C27H21ClN2O4/c1-2-33-25(31)24-23(19-11-7-4-8-12-19)27(30(29-24)21-15-13-20(28)14-16-21)17-22(34-26(27)32)18-9-5-3-6-10-18/h3-17,23H,2H2,1H3/t23-,27+/m1/s1. The topological polar surface area (TPSA) is 68.2 Å². The van der Waals surface area contributed by atoms with Crippen molar-refractivity contribution in [2.24, 2.45) is 5.10 Å². The predicted octanol–water partition coefficient (Wildman–Crippen LogP) is 5.20. The summed E-state index contributed by atoms with van der Waals surface area (Å²) in [5, 5.41) is 6.75. The maximum atomic E-state index is 13.8. The number of hydrogen-bond acceptors (Lipinski definition) is 6. The van der Waals surface area contributed by atoms with Crippen LogP contribution in [0.1, 0.15) is 24.0 Å². The van der Waals surface area contributed by atoms with E-state index in [4.69, 9.17) is 21.1 Å². The van der Waals surface area contributed by atoms with Gasteiger partial charge >= 0.3 is 11.9 Å². The van der Waals surface area contributed by atoms with Crippen molar-refractivity contribution in [2.75, 3.05) is 11.6 Å². The number of rotatable bonds is 5. The molecular formula is C27H21ClN2O4. The van der Waals surface area contributed by atoms with Crippen molar-refractivity contribution in [3.05, 3.63) is 107 Å². The lowest BCUT2D eigenvalue weighted by Crippen LogP contribution is -2.51. The Morgan fingerprint density at radius 1 is 1.03 bits per heavy atom. The van der Waals surface area contributed by atoms with Crippen LogP contribution in [-0.4, -0.2) is 29.8 Å². The Morgan fingerprint density at radius 2 is 1.68 bits per heavy atom. The summed E-state index contributed by atoms with van der Waals surface area (Å²) in [6.07, 6.45) is 1.76. The minimum atomic E-state index is -1.43. The molecule has 2 heterocycles. The highest BCUT2D eigenvalue weighted by molar-refractivity contribution is 6.41. The Balaban J connectivity index is 1.75. The summed E-state index contributed by atoms with van der Waals surface area (Å²) >= 11 is 6.11. The van der Waals surface area contributed by atoms with Crippen LogP contribution in [-0.2, 0) is 19.1 Å². The molecule has 0 fully saturated rings. The molecule has 0 amide bonds. The number of carbonyl (C=O) groups excluding carboxylic acids is 2. The minimum Gasteiger partial charge on any atom is -0.461 e. The van der Waals surface area contributed by atoms with Crippen molar-refractivity contribution >= 4 is 40.7 Å². The number of benzene rings is 3. The largest absolute Gasteiger partial charge is 0.461 e. The summed E-state index contributed by atoms with van der Waals surface area (Å²) in [5.41, 5.74) is 0.786. The van der Waals surface area contributed by atoms with Gasteiger partial charge in [0.25, 0.3) is 0 Å². The number of ether oxygens (including phenoxy) is 2. The number of cyclic esters (lactones) is 1. The molecule has 170 valence electrons. The van der Waals surface area contributed by atoms with Crippen LogP contribution in [0, 0.1) is 0 Å². The van der Waals surface area contributed by atoms with Gasteiger partial charge in [0.1, 0.15) is 5.76 Å². The van der Waals surface area contributed by atoms with Crippen molar-refractivity contribution in [1.29, 1.82) is 0 Å². The molecule has 3 aromatic carbocycles. The quantitative estimate of drug-likeness (QED) is 0.477. The van der Waals surface area contributed by atoms with Crippen molar-refractivity contribution in [3.63, 3.8) is 0 Å². The van der Waals surface area contributed by atoms with E-state index in [2.05, 4.69) is 5.10 Å². The fourth-order valence-corrected chi connectivity index (χ4v) is 4.54. The summed E-state index contributed by atoms with van der Waals surface area (Å²) in [5.74, 6) is -1.46. The molecule has 0 N–H and O–H groups in total. The van der Waals surface area contributed by atoms with Gasteiger partial charge in [-0.2, -0.15) is 5.10 Å². The third kappa shape index (κ3) is 3.56. The molecular weight excluding hydrogens is 452 g/mol. The number of hydrogen-bond donors (Lipinski definition) is 0. The molecule has 34 heavy (non-hydrogen) atoms. The van der Waals surface area contributed by atoms with Crippen molar-refractivity contribution < 1.29 is 19.1 Å². The second-order valence-electron chi connectivity index (χ2n) is 7.93. The lowest BCUT2D eigenvalue weighted by atomic mass is 9.76. The molecule has 0 saturated carbocycles. The molecule has 0 saturated heterocycles. The summed E-state index contributed by atoms with van der Waals surface area (Å²) < 4.78 is 11.2. The maximum Gasteiger partial charge on any atom is 0.355 e. The maximum absolute atomic E-state index is 13.8. The highest BCUT2D eigenvalue weighted by atomic mass is 35.5. The minimum absolute atomic E-state index is 0.130. The van der Waals surface area contributed by atoms with Gasteiger partial charge in [-0.25, -0.2) is 14.6 Å². The molecule has 1 spiro atoms. The van der Waals surface area contributed by atoms with Gasteiger partial charge in [0, 0.05) is 10.6 Å². The highest BCUT2D eigenvalue weighted by Gasteiger charge is 2.62. The number of hydrazone groups is 1. The molecule has 0 bridgehead atoms. The second-order valence-corrected chi connectivity index (χ2v) is 8.36. The van der Waals surface area contributed by atoms with Gasteiger partial charge in [-0.1, -0.05) is 72.3 Å². The Bertz CT molecular complexity index is 1290. The lowest BCUT2D eigenvalue weighted by Gasteiger charge is -2.33. The van der Waals surface area contributed by atoms with Gasteiger partial charge in [-0.05, 0) is 42.8 Å². The lowest BCUT2D eigenvalue weighted by molar-refractivity contribution is -0.139. The molecule has 2 aliphatic heterocycles. The summed E-state index contributed by atoms with van der Waals surface area (Å²) in [6, 6.07) is 25.6. The monoisotopic (exact) mass is 472 g/mol. The van der Waals surface area contributed by atoms with Gasteiger partial charge in [0.15, 0.2) is 11.3 Å². The zero-order chi connectivity index (χ0) is 23.7. The van der Waals surface area contributed by atoms with Crippen molar-refractivity contribution in [1.82, 2.24) is 0 Å². The van der Waals surface area contributed by atoms with Crippen LogP contribution in [0.4, 0.5) is 5.69 Å². The van der Waals surface area contributed by atoms with Crippen molar-refractivity contribution in [2.45, 2.75) is 18.4 Å². The Morgan fingerprint density at radius 3 is 2.32 bits per heavy atom. The first-order valence-corrected chi connectivity index (χ1v) is 11.3. The molecule has 0 unspecified atom stereocenters. The molecule has 6 nitrogen and oxygen atoms in total. The van der Waals surface area contributed by atoms with Crippen LogP contribution >= 0.6 is 11.6 Å². The molecule has 2 atom stereocenters. The summed E-state index contributed by atoms with van der Waals surface area (Å²) in [7, 11) is 0. The van der Waals surface area contributed by atoms with Crippen LogP contribution < -0.4 is 5.01 Å². The number of nitrogens with zero attached hydrogens (tertiary/aromatic N) is 2. The van der Waals surface area contributed by atoms with E-state index in [9.17, 15) is 9.59 Å². The number of halogens is 1. The first-order chi connectivity index (χ1) is 16.5. The van der Waals surface area contributed by atoms with Crippen molar-refractivity contribution in [3.8, 4) is 0 Å². The molecule has 0 radical (unpaired) electrons. The SMILES string of the molecule is CCOC(=O)C1=NN(c2ccc(Cl)cc2)[C@@]2(C=C(c3ccccc3)OC2=O)[C@@H]1c1ccccc1. The van der Waals surface area contributed by atoms with E-state index in [1.807, 2.05) is 60.7 Å². The Kier molecular flexibility index (Phi) is 5.67. The van der Waals surface area contributed by atoms with Crippen LogP contribution in [0.25, 0.3) is 5.76 Å². The second kappa shape index (κ2) is 8.80. The van der Waals surface area contributed by atoms with Gasteiger partial charge < -0.3 is 9.47 Å². The molecule has 3 aromatic rings. The first kappa shape index (κ1) is 21.9. The number of anilines is 1. The van der Waals surface area contributed by atoms with E-state index in [1.165, 1.54) is 0 Å². The zero-order valence-corrected chi connectivity index (χ0v) is 19.1. The van der Waals surface area contributed by atoms with Gasteiger partial charge in [-0.3, -0.25) is 0 Å². The van der Waals surface area contributed by atoms with E-state index in [-0.39, 0.29) is 12.3 Å². The first-order valence-electron chi connectivity index (χ1n) is 10.9. The van der Waals surface area contributed by atoms with Gasteiger partial charge in [-0.15, -0.1) is 0 Å². The Hall–Kier alpha value is -3.90. The predicted molar refractivity (Wildman–Crippen MR) is 130 cm³/mol. The third-order valence-electron chi connectivity index (χ3n) is 5.90. The van der Waals surface area contributed by atoms with E-state index < -0.39 is 23.4 Å². The van der Waals surface area contributed by atoms with Crippen LogP contribution in [0.2, 0.25) is 5.02 Å². The molecule has 5 rings (SSSR count). The summed E-state index contributed by atoms with van der Waals surface area (Å²) in [6.45, 7) is 1.91. The summed E-state index contributed by atoms with van der Waals surface area (Å²) in [4.78, 5) is 26.9. The Labute approximate surface area is 202 Å². The fraction of sp³-hybridized carbons (Fsp3) is 0.148. The molecule has 0 aromatic heterocycles. The van der Waals surface area contributed by atoms with Crippen LogP contribution in [0.3, 0.4) is 0 Å². The average Bonchev–Trinajstić information content (AvgIpc) is 3.39. The van der Waals surface area contributed by atoms with Gasteiger partial charge in [0.2, 0.25) is 0 Å². The van der Waals surface area contributed by atoms with Gasteiger partial charge in [0.05, 0.1) is 18.2 Å². The number of carbonyl (C=O) groups is 2. The van der Waals surface area contributed by atoms with Crippen LogP contribution in [0.15, 0.2) is 96.1 Å². The van der Waals surface area contributed by atoms with E-state index >= 15 is 0 Å². The van der Waals surface area contributed by atoms with Crippen LogP contribution in [0.5, 0.6) is 0 Å². The fourth-order valence-electron chi connectivity index (χ4n) is 4.42. The van der Waals surface area contributed by atoms with E-state index in [1.54, 1.807) is 42.3 Å². The average molecular weight is 473 g/mol. The van der Waals surface area contributed by atoms with E-state index in [0.29, 0.717) is 16.5 Å². The highest BCUT2D eigenvalue weighted by Crippen LogP contribution is 2.49.